The Morgan fingerprint density at radius 1 is 1.50 bits per heavy atom. The summed E-state index contributed by atoms with van der Waals surface area (Å²) in [4.78, 5) is 12.9. The van der Waals surface area contributed by atoms with Gasteiger partial charge in [-0.15, -0.1) is 11.8 Å². The lowest BCUT2D eigenvalue weighted by Gasteiger charge is -2.08. The molecule has 0 spiro atoms. The number of carbonyl (C=O) groups excluding carboxylic acids is 1. The number of halogens is 1. The fourth-order valence-electron chi connectivity index (χ4n) is 1.45. The summed E-state index contributed by atoms with van der Waals surface area (Å²) in [6.07, 6.45) is 2.08. The van der Waals surface area contributed by atoms with Crippen molar-refractivity contribution in [2.45, 2.75) is 31.6 Å². The molecule has 0 heterocycles. The largest absolute Gasteiger partial charge is 0.298 e. The van der Waals surface area contributed by atoms with Gasteiger partial charge in [-0.25, -0.2) is 0 Å². The van der Waals surface area contributed by atoms with Crippen molar-refractivity contribution in [1.82, 2.24) is 0 Å². The lowest BCUT2D eigenvalue weighted by Crippen LogP contribution is -2.12. The first-order valence-corrected chi connectivity index (χ1v) is 7.32. The molecule has 1 aromatic carbocycles. The minimum Gasteiger partial charge on any atom is -0.298 e. The summed E-state index contributed by atoms with van der Waals surface area (Å²) in [6, 6.07) is 8.06. The number of Topliss-reactive ketones (excluding diaryl/α,β-unsaturated/α-hetero) is 1. The van der Waals surface area contributed by atoms with E-state index in [4.69, 9.17) is 0 Å². The van der Waals surface area contributed by atoms with Gasteiger partial charge in [-0.05, 0) is 24.6 Å². The second-order valence-electron chi connectivity index (χ2n) is 3.90. The minimum absolute atomic E-state index is 0.199. The number of carbonyl (C=O) groups is 1. The molecular formula is C13H17BrOS. The van der Waals surface area contributed by atoms with Gasteiger partial charge in [0.1, 0.15) is 5.78 Å². The van der Waals surface area contributed by atoms with E-state index in [0.29, 0.717) is 11.5 Å². The van der Waals surface area contributed by atoms with E-state index in [9.17, 15) is 4.79 Å². The average Bonchev–Trinajstić information content (AvgIpc) is 2.26. The quantitative estimate of drug-likeness (QED) is 0.717. The Labute approximate surface area is 110 Å². The second kappa shape index (κ2) is 7.13. The van der Waals surface area contributed by atoms with Crippen LogP contribution in [0.2, 0.25) is 0 Å². The zero-order chi connectivity index (χ0) is 12.0. The summed E-state index contributed by atoms with van der Waals surface area (Å²) in [5.41, 5.74) is 0. The number of rotatable bonds is 6. The Hall–Kier alpha value is -0.280. The SMILES string of the molecule is CCCC(C)C(=O)CSc1cccc(Br)c1. The third kappa shape index (κ3) is 4.71. The number of hydrogen-bond donors (Lipinski definition) is 0. The summed E-state index contributed by atoms with van der Waals surface area (Å²) >= 11 is 5.04. The molecule has 16 heavy (non-hydrogen) atoms. The van der Waals surface area contributed by atoms with Crippen molar-refractivity contribution in [2.75, 3.05) is 5.75 Å². The van der Waals surface area contributed by atoms with Crippen molar-refractivity contribution in [3.63, 3.8) is 0 Å². The highest BCUT2D eigenvalue weighted by atomic mass is 79.9. The van der Waals surface area contributed by atoms with E-state index in [1.807, 2.05) is 31.2 Å². The lowest BCUT2D eigenvalue weighted by atomic mass is 10.0. The van der Waals surface area contributed by atoms with Crippen LogP contribution in [0.3, 0.4) is 0 Å². The molecule has 0 aromatic heterocycles. The maximum Gasteiger partial charge on any atom is 0.145 e. The van der Waals surface area contributed by atoms with Gasteiger partial charge in [0, 0.05) is 15.3 Å². The van der Waals surface area contributed by atoms with Gasteiger partial charge >= 0.3 is 0 Å². The van der Waals surface area contributed by atoms with Gasteiger partial charge in [-0.2, -0.15) is 0 Å². The molecule has 1 unspecified atom stereocenters. The van der Waals surface area contributed by atoms with Gasteiger partial charge in [-0.3, -0.25) is 4.79 Å². The highest BCUT2D eigenvalue weighted by molar-refractivity contribution is 9.10. The van der Waals surface area contributed by atoms with E-state index in [1.54, 1.807) is 11.8 Å². The molecule has 1 atom stereocenters. The Bertz CT molecular complexity index is 352. The topological polar surface area (TPSA) is 17.1 Å². The Morgan fingerprint density at radius 2 is 2.25 bits per heavy atom. The number of hydrogen-bond acceptors (Lipinski definition) is 2. The molecule has 0 saturated carbocycles. The standard InChI is InChI=1S/C13H17BrOS/c1-3-5-10(2)13(15)9-16-12-7-4-6-11(14)8-12/h4,6-8,10H,3,5,9H2,1-2H3. The van der Waals surface area contributed by atoms with Crippen LogP contribution in [0, 0.1) is 5.92 Å². The Kier molecular flexibility index (Phi) is 6.14. The second-order valence-corrected chi connectivity index (χ2v) is 5.87. The van der Waals surface area contributed by atoms with Crippen LogP contribution in [0.25, 0.3) is 0 Å². The summed E-state index contributed by atoms with van der Waals surface area (Å²) in [7, 11) is 0. The maximum absolute atomic E-state index is 11.8. The Morgan fingerprint density at radius 3 is 2.88 bits per heavy atom. The molecule has 1 rings (SSSR count). The smallest absolute Gasteiger partial charge is 0.145 e. The highest BCUT2D eigenvalue weighted by Gasteiger charge is 2.11. The van der Waals surface area contributed by atoms with E-state index >= 15 is 0 Å². The molecule has 1 aromatic rings. The molecule has 88 valence electrons. The van der Waals surface area contributed by atoms with Crippen LogP contribution in [-0.4, -0.2) is 11.5 Å². The fourth-order valence-corrected chi connectivity index (χ4v) is 2.98. The van der Waals surface area contributed by atoms with Crippen LogP contribution < -0.4 is 0 Å². The molecule has 0 bridgehead atoms. The van der Waals surface area contributed by atoms with Crippen molar-refractivity contribution < 1.29 is 4.79 Å². The number of ketones is 1. The first-order chi connectivity index (χ1) is 7.63. The van der Waals surface area contributed by atoms with Crippen molar-refractivity contribution in [1.29, 1.82) is 0 Å². The molecule has 0 aliphatic rings. The summed E-state index contributed by atoms with van der Waals surface area (Å²) < 4.78 is 1.06. The third-order valence-corrected chi connectivity index (χ3v) is 3.96. The van der Waals surface area contributed by atoms with Crippen LogP contribution in [0.4, 0.5) is 0 Å². The highest BCUT2D eigenvalue weighted by Crippen LogP contribution is 2.23. The van der Waals surface area contributed by atoms with Crippen LogP contribution in [0.15, 0.2) is 33.6 Å². The monoisotopic (exact) mass is 300 g/mol. The van der Waals surface area contributed by atoms with Crippen LogP contribution >= 0.6 is 27.7 Å². The van der Waals surface area contributed by atoms with E-state index in [-0.39, 0.29) is 5.92 Å². The van der Waals surface area contributed by atoms with E-state index < -0.39 is 0 Å². The number of benzene rings is 1. The van der Waals surface area contributed by atoms with Gasteiger partial charge in [0.25, 0.3) is 0 Å². The number of thioether (sulfide) groups is 1. The molecule has 0 radical (unpaired) electrons. The van der Waals surface area contributed by atoms with E-state index in [1.165, 1.54) is 0 Å². The fraction of sp³-hybridized carbons (Fsp3) is 0.462. The van der Waals surface area contributed by atoms with E-state index in [0.717, 1.165) is 22.2 Å². The van der Waals surface area contributed by atoms with Crippen LogP contribution in [0.5, 0.6) is 0 Å². The molecule has 0 saturated heterocycles. The summed E-state index contributed by atoms with van der Waals surface area (Å²) in [5.74, 6) is 1.13. The first-order valence-electron chi connectivity index (χ1n) is 5.54. The molecule has 0 N–H and O–H groups in total. The Balaban J connectivity index is 2.42. The van der Waals surface area contributed by atoms with Gasteiger partial charge in [-0.1, -0.05) is 42.3 Å². The third-order valence-electron chi connectivity index (χ3n) is 2.45. The molecule has 1 nitrogen and oxygen atoms in total. The molecular weight excluding hydrogens is 284 g/mol. The summed E-state index contributed by atoms with van der Waals surface area (Å²) in [6.45, 7) is 4.14. The van der Waals surface area contributed by atoms with Crippen molar-refractivity contribution >= 4 is 33.5 Å². The minimum atomic E-state index is 0.199. The van der Waals surface area contributed by atoms with Gasteiger partial charge in [0.15, 0.2) is 0 Å². The van der Waals surface area contributed by atoms with Gasteiger partial charge < -0.3 is 0 Å². The molecule has 0 fully saturated rings. The predicted molar refractivity (Wildman–Crippen MR) is 73.9 cm³/mol. The van der Waals surface area contributed by atoms with Crippen molar-refractivity contribution in [3.05, 3.63) is 28.7 Å². The van der Waals surface area contributed by atoms with Crippen LogP contribution in [0.1, 0.15) is 26.7 Å². The first kappa shape index (κ1) is 13.8. The van der Waals surface area contributed by atoms with E-state index in [2.05, 4.69) is 22.9 Å². The van der Waals surface area contributed by atoms with Crippen LogP contribution in [-0.2, 0) is 4.79 Å². The van der Waals surface area contributed by atoms with Crippen molar-refractivity contribution in [2.24, 2.45) is 5.92 Å². The van der Waals surface area contributed by atoms with Gasteiger partial charge in [0.05, 0.1) is 5.75 Å². The molecule has 3 heteroatoms. The molecule has 0 amide bonds. The normalized spacial score (nSPS) is 12.4. The van der Waals surface area contributed by atoms with Crippen molar-refractivity contribution in [3.8, 4) is 0 Å². The zero-order valence-corrected chi connectivity index (χ0v) is 12.1. The average molecular weight is 301 g/mol. The maximum atomic E-state index is 11.8. The molecule has 0 aliphatic carbocycles. The predicted octanol–water partition coefficient (Wildman–Crippen LogP) is 4.55. The zero-order valence-electron chi connectivity index (χ0n) is 9.70. The summed E-state index contributed by atoms with van der Waals surface area (Å²) in [5, 5.41) is 0. The molecule has 0 aliphatic heterocycles. The van der Waals surface area contributed by atoms with Gasteiger partial charge in [0.2, 0.25) is 0 Å². The lowest BCUT2D eigenvalue weighted by molar-refractivity contribution is -0.120.